The minimum atomic E-state index is -2.75. The molecule has 1 unspecified atom stereocenters. The van der Waals surface area contributed by atoms with E-state index in [1.165, 1.54) is 12.1 Å². The number of ketones is 1. The zero-order chi connectivity index (χ0) is 27.6. The smallest absolute Gasteiger partial charge is 0.351 e. The number of carbonyl (C=O) groups excluding carboxylic acids is 1. The molecule has 39 heavy (non-hydrogen) atoms. The largest absolute Gasteiger partial charge is 0.432 e. The number of anilines is 1. The van der Waals surface area contributed by atoms with E-state index in [-0.39, 0.29) is 29.3 Å². The van der Waals surface area contributed by atoms with Crippen LogP contribution in [0.4, 0.5) is 5.82 Å². The third-order valence-corrected chi connectivity index (χ3v) is 7.44. The Labute approximate surface area is 227 Å². The molecule has 10 heteroatoms. The summed E-state index contributed by atoms with van der Waals surface area (Å²) >= 11 is 0. The minimum Gasteiger partial charge on any atom is -0.432 e. The van der Waals surface area contributed by atoms with E-state index in [1.807, 2.05) is 10.9 Å². The van der Waals surface area contributed by atoms with Crippen molar-refractivity contribution >= 4 is 11.6 Å². The van der Waals surface area contributed by atoms with Crippen molar-refractivity contribution in [1.29, 1.82) is 0 Å². The first-order chi connectivity index (χ1) is 18.6. The summed E-state index contributed by atoms with van der Waals surface area (Å²) < 4.78 is 7.51. The standard InChI is InChI=1S/C29H33N5O5/c1-33-13-9-24(10-14-33)34-19-22(18-32-34)21-16-25(27(30)31-17-21)39-29(37,38)23-6-4-5-20(15-23)8-12-28(36)11-3-2-7-26(28)35/h4-6,15-19,24,36-38H,2-3,7,9-11,13-14H2,1H3,(H2,30,31). The number of likely N-dealkylation sites (tertiary alicyclic amines) is 1. The minimum absolute atomic E-state index is 0.00357. The van der Waals surface area contributed by atoms with Crippen LogP contribution >= 0.6 is 0 Å². The first-order valence-electron chi connectivity index (χ1n) is 13.1. The number of hydrogen-bond acceptors (Lipinski definition) is 9. The molecule has 5 N–H and O–H groups in total. The highest BCUT2D eigenvalue weighted by Crippen LogP contribution is 2.33. The van der Waals surface area contributed by atoms with E-state index in [9.17, 15) is 20.1 Å². The molecule has 0 bridgehead atoms. The van der Waals surface area contributed by atoms with Gasteiger partial charge in [-0.15, -0.1) is 0 Å². The van der Waals surface area contributed by atoms with Crippen LogP contribution in [-0.4, -0.2) is 66.5 Å². The van der Waals surface area contributed by atoms with Gasteiger partial charge in [-0.2, -0.15) is 5.10 Å². The Hall–Kier alpha value is -3.75. The molecular weight excluding hydrogens is 498 g/mol. The number of Topliss-reactive ketones (excluding diaryl/α,β-unsaturated/α-hetero) is 1. The lowest BCUT2D eigenvalue weighted by atomic mass is 9.84. The number of carbonyl (C=O) groups is 1. The maximum absolute atomic E-state index is 12.1. The maximum atomic E-state index is 12.1. The Morgan fingerprint density at radius 3 is 2.72 bits per heavy atom. The number of aromatic nitrogens is 3. The highest BCUT2D eigenvalue weighted by Gasteiger charge is 2.36. The van der Waals surface area contributed by atoms with Crippen LogP contribution in [0.2, 0.25) is 0 Å². The van der Waals surface area contributed by atoms with Gasteiger partial charge in [0.25, 0.3) is 0 Å². The summed E-state index contributed by atoms with van der Waals surface area (Å²) in [6.45, 7) is 2.03. The van der Waals surface area contributed by atoms with E-state index >= 15 is 0 Å². The van der Waals surface area contributed by atoms with Crippen molar-refractivity contribution in [2.75, 3.05) is 25.9 Å². The Balaban J connectivity index is 1.34. The van der Waals surface area contributed by atoms with Crippen molar-refractivity contribution in [2.45, 2.75) is 56.1 Å². The molecule has 3 heterocycles. The summed E-state index contributed by atoms with van der Waals surface area (Å²) in [5, 5.41) is 36.8. The van der Waals surface area contributed by atoms with Gasteiger partial charge in [-0.25, -0.2) is 4.98 Å². The number of piperidine rings is 1. The zero-order valence-corrected chi connectivity index (χ0v) is 21.9. The third kappa shape index (κ3) is 5.97. The van der Waals surface area contributed by atoms with Gasteiger partial charge in [-0.05, 0) is 76.5 Å². The highest BCUT2D eigenvalue weighted by atomic mass is 16.8. The number of ether oxygens (including phenoxy) is 1. The average Bonchev–Trinajstić information content (AvgIpc) is 3.41. The molecule has 1 aromatic carbocycles. The van der Waals surface area contributed by atoms with E-state index < -0.39 is 11.6 Å². The van der Waals surface area contributed by atoms with Crippen LogP contribution in [0, 0.1) is 11.8 Å². The van der Waals surface area contributed by atoms with E-state index in [1.54, 1.807) is 30.6 Å². The molecular formula is C29H33N5O5. The van der Waals surface area contributed by atoms with Crippen LogP contribution < -0.4 is 10.5 Å². The molecule has 5 rings (SSSR count). The molecule has 1 aliphatic carbocycles. The second-order valence-electron chi connectivity index (χ2n) is 10.4. The van der Waals surface area contributed by atoms with Gasteiger partial charge in [0.1, 0.15) is 0 Å². The molecule has 2 fully saturated rings. The topological polar surface area (TPSA) is 147 Å². The molecule has 1 aliphatic heterocycles. The lowest BCUT2D eigenvalue weighted by Gasteiger charge is -2.28. The monoisotopic (exact) mass is 531 g/mol. The van der Waals surface area contributed by atoms with Gasteiger partial charge in [0.05, 0.1) is 17.8 Å². The van der Waals surface area contributed by atoms with Gasteiger partial charge in [0.2, 0.25) is 0 Å². The lowest BCUT2D eigenvalue weighted by Crippen LogP contribution is -2.39. The Morgan fingerprint density at radius 2 is 1.95 bits per heavy atom. The van der Waals surface area contributed by atoms with Gasteiger partial charge >= 0.3 is 5.97 Å². The SMILES string of the molecule is CN1CCC(n2cc(-c3cnc(N)c(OC(O)(O)c4cccc(C#CC5(O)CCCCC5=O)c4)c3)cn2)CC1. The van der Waals surface area contributed by atoms with Gasteiger partial charge in [0.15, 0.2) is 23.0 Å². The number of hydrogen-bond donors (Lipinski definition) is 4. The summed E-state index contributed by atoms with van der Waals surface area (Å²) in [5.74, 6) is 2.39. The van der Waals surface area contributed by atoms with Crippen LogP contribution in [0.3, 0.4) is 0 Å². The van der Waals surface area contributed by atoms with E-state index in [0.717, 1.165) is 37.9 Å². The molecule has 10 nitrogen and oxygen atoms in total. The highest BCUT2D eigenvalue weighted by molar-refractivity contribution is 5.91. The predicted octanol–water partition coefficient (Wildman–Crippen LogP) is 2.19. The van der Waals surface area contributed by atoms with E-state index in [0.29, 0.717) is 30.0 Å². The molecule has 2 aromatic heterocycles. The van der Waals surface area contributed by atoms with Crippen LogP contribution in [0.5, 0.6) is 5.75 Å². The quantitative estimate of drug-likeness (QED) is 0.287. The maximum Gasteiger partial charge on any atom is 0.351 e. The molecule has 204 valence electrons. The summed E-state index contributed by atoms with van der Waals surface area (Å²) in [5.41, 5.74) is 6.19. The van der Waals surface area contributed by atoms with Crippen molar-refractivity contribution in [1.82, 2.24) is 19.7 Å². The van der Waals surface area contributed by atoms with Crippen LogP contribution in [0.1, 0.15) is 55.7 Å². The fraction of sp³-hybridized carbons (Fsp3) is 0.414. The molecule has 1 atom stereocenters. The molecule has 0 radical (unpaired) electrons. The number of nitrogens with zero attached hydrogens (tertiary/aromatic N) is 4. The van der Waals surface area contributed by atoms with Crippen molar-refractivity contribution in [3.63, 3.8) is 0 Å². The first-order valence-corrected chi connectivity index (χ1v) is 13.1. The Morgan fingerprint density at radius 1 is 1.15 bits per heavy atom. The van der Waals surface area contributed by atoms with Crippen LogP contribution in [-0.2, 0) is 10.8 Å². The zero-order valence-electron chi connectivity index (χ0n) is 21.9. The molecule has 0 spiro atoms. The molecule has 3 aromatic rings. The number of nitrogens with two attached hydrogens (primary N) is 1. The predicted molar refractivity (Wildman–Crippen MR) is 144 cm³/mol. The molecule has 1 saturated carbocycles. The van der Waals surface area contributed by atoms with Crippen molar-refractivity contribution in [3.8, 4) is 28.7 Å². The van der Waals surface area contributed by atoms with Crippen LogP contribution in [0.15, 0.2) is 48.9 Å². The average molecular weight is 532 g/mol. The first kappa shape index (κ1) is 26.8. The van der Waals surface area contributed by atoms with Gasteiger partial charge in [-0.3, -0.25) is 9.48 Å². The number of nitrogen functional groups attached to an aromatic ring is 1. The second-order valence-corrected chi connectivity index (χ2v) is 10.4. The van der Waals surface area contributed by atoms with E-state index in [4.69, 9.17) is 10.5 Å². The van der Waals surface area contributed by atoms with Crippen molar-refractivity contribution in [3.05, 3.63) is 60.0 Å². The van der Waals surface area contributed by atoms with E-state index in [2.05, 4.69) is 33.9 Å². The number of rotatable bonds is 5. The molecule has 1 saturated heterocycles. The molecule has 2 aliphatic rings. The van der Waals surface area contributed by atoms with Gasteiger partial charge in [-0.1, -0.05) is 17.9 Å². The summed E-state index contributed by atoms with van der Waals surface area (Å²) in [7, 11) is 2.11. The Bertz CT molecular complexity index is 1420. The fourth-order valence-electron chi connectivity index (χ4n) is 4.97. The number of aliphatic hydroxyl groups is 3. The summed E-state index contributed by atoms with van der Waals surface area (Å²) in [6.07, 6.45) is 9.35. The molecule has 0 amide bonds. The van der Waals surface area contributed by atoms with Gasteiger partial charge < -0.3 is 30.7 Å². The summed E-state index contributed by atoms with van der Waals surface area (Å²) in [4.78, 5) is 18.6. The number of benzene rings is 1. The van der Waals surface area contributed by atoms with Crippen LogP contribution in [0.25, 0.3) is 11.1 Å². The van der Waals surface area contributed by atoms with Crippen molar-refractivity contribution in [2.24, 2.45) is 0 Å². The normalized spacial score (nSPS) is 20.9. The van der Waals surface area contributed by atoms with Gasteiger partial charge in [0, 0.05) is 35.5 Å². The lowest BCUT2D eigenvalue weighted by molar-refractivity contribution is -0.303. The fourth-order valence-corrected chi connectivity index (χ4v) is 4.97. The van der Waals surface area contributed by atoms with Crippen molar-refractivity contribution < 1.29 is 24.9 Å². The Kier molecular flexibility index (Phi) is 7.42. The second kappa shape index (κ2) is 10.8. The third-order valence-electron chi connectivity index (χ3n) is 7.44. The number of pyridine rings is 1. The summed E-state index contributed by atoms with van der Waals surface area (Å²) in [6, 6.07) is 8.01.